The minimum atomic E-state index is -1.15. The number of rotatable bonds is 1. The van der Waals surface area contributed by atoms with Crippen LogP contribution in [0.4, 0.5) is 0 Å². The maximum absolute atomic E-state index is 9.91. The minimum Gasteiger partial charge on any atom is -0.368 e. The molecule has 0 fully saturated rings. The third-order valence-corrected chi connectivity index (χ3v) is 2.80. The van der Waals surface area contributed by atoms with E-state index in [0.717, 1.165) is 5.56 Å². The Morgan fingerprint density at radius 1 is 1.25 bits per heavy atom. The van der Waals surface area contributed by atoms with Gasteiger partial charge in [0.05, 0.1) is 0 Å². The fourth-order valence-corrected chi connectivity index (χ4v) is 2.18. The van der Waals surface area contributed by atoms with E-state index in [0.29, 0.717) is 15.8 Å². The van der Waals surface area contributed by atoms with Gasteiger partial charge in [-0.1, -0.05) is 41.4 Å². The second kappa shape index (κ2) is 4.13. The van der Waals surface area contributed by atoms with Crippen molar-refractivity contribution in [1.29, 1.82) is 0 Å². The lowest BCUT2D eigenvalue weighted by Crippen LogP contribution is -2.40. The summed E-state index contributed by atoms with van der Waals surface area (Å²) in [6.07, 6.45) is 3.27. The lowest BCUT2D eigenvalue weighted by atomic mass is 10.1. The molecule has 2 N–H and O–H groups in total. The second-order valence-electron chi connectivity index (χ2n) is 3.84. The second-order valence-corrected chi connectivity index (χ2v) is 4.68. The number of nitrogens with one attached hydrogen (secondary N) is 1. The summed E-state index contributed by atoms with van der Waals surface area (Å²) in [6.45, 7) is 1.62. The fourth-order valence-electron chi connectivity index (χ4n) is 1.62. The monoisotopic (exact) mass is 255 g/mol. The van der Waals surface area contributed by atoms with Gasteiger partial charge in [-0.25, -0.2) is 0 Å². The molecule has 0 aromatic heterocycles. The first-order valence-electron chi connectivity index (χ1n) is 4.83. The molecule has 4 heteroatoms. The molecule has 1 aromatic rings. The van der Waals surface area contributed by atoms with Crippen molar-refractivity contribution in [2.45, 2.75) is 12.6 Å². The summed E-state index contributed by atoms with van der Waals surface area (Å²) in [4.78, 5) is 0. The predicted molar refractivity (Wildman–Crippen MR) is 67.1 cm³/mol. The molecule has 0 aliphatic carbocycles. The average Bonchev–Trinajstić information content (AvgIpc) is 2.15. The van der Waals surface area contributed by atoms with Crippen molar-refractivity contribution < 1.29 is 5.11 Å². The molecule has 1 aliphatic rings. The number of hydrogen-bond acceptors (Lipinski definition) is 2. The Morgan fingerprint density at radius 2 is 1.94 bits per heavy atom. The number of hydrogen-bond donors (Lipinski definition) is 2. The van der Waals surface area contributed by atoms with Crippen LogP contribution in [-0.2, 0) is 0 Å². The van der Waals surface area contributed by atoms with Crippen molar-refractivity contribution in [3.05, 3.63) is 52.0 Å². The molecule has 84 valence electrons. The van der Waals surface area contributed by atoms with Crippen LogP contribution in [0, 0.1) is 0 Å². The Kier molecular flexibility index (Phi) is 2.98. The minimum absolute atomic E-state index is 0.485. The molecule has 1 aromatic carbocycles. The van der Waals surface area contributed by atoms with Crippen LogP contribution < -0.4 is 5.32 Å². The molecule has 0 spiro atoms. The molecule has 0 saturated carbocycles. The van der Waals surface area contributed by atoms with E-state index >= 15 is 0 Å². The van der Waals surface area contributed by atoms with Crippen molar-refractivity contribution in [1.82, 2.24) is 5.32 Å². The van der Waals surface area contributed by atoms with Crippen LogP contribution >= 0.6 is 23.2 Å². The third-order valence-electron chi connectivity index (χ3n) is 2.25. The lowest BCUT2D eigenvalue weighted by Gasteiger charge is -2.28. The van der Waals surface area contributed by atoms with Gasteiger partial charge < -0.3 is 10.4 Å². The van der Waals surface area contributed by atoms with E-state index in [-0.39, 0.29) is 0 Å². The first kappa shape index (κ1) is 11.5. The predicted octanol–water partition coefficient (Wildman–Crippen LogP) is 3.12. The highest BCUT2D eigenvalue weighted by Crippen LogP contribution is 2.29. The van der Waals surface area contributed by atoms with Crippen LogP contribution in [0.5, 0.6) is 0 Å². The van der Waals surface area contributed by atoms with Crippen molar-refractivity contribution >= 4 is 28.9 Å². The van der Waals surface area contributed by atoms with Gasteiger partial charge in [0.2, 0.25) is 0 Å². The van der Waals surface area contributed by atoms with E-state index in [2.05, 4.69) is 5.32 Å². The Balaban J connectivity index is 2.44. The Labute approximate surface area is 104 Å². The summed E-state index contributed by atoms with van der Waals surface area (Å²) in [5.74, 6) is 0. The maximum atomic E-state index is 9.91. The zero-order valence-corrected chi connectivity index (χ0v) is 10.2. The van der Waals surface area contributed by atoms with E-state index < -0.39 is 5.72 Å². The van der Waals surface area contributed by atoms with Crippen molar-refractivity contribution in [3.63, 3.8) is 0 Å². The maximum Gasteiger partial charge on any atom is 0.153 e. The molecular weight excluding hydrogens is 245 g/mol. The first-order chi connectivity index (χ1) is 7.48. The van der Waals surface area contributed by atoms with Crippen LogP contribution in [-0.4, -0.2) is 10.8 Å². The molecule has 2 nitrogen and oxygen atoms in total. The normalized spacial score (nSPS) is 24.5. The fraction of sp³-hybridized carbons (Fsp3) is 0.167. The summed E-state index contributed by atoms with van der Waals surface area (Å²) in [5, 5.41) is 14.0. The highest BCUT2D eigenvalue weighted by molar-refractivity contribution is 6.33. The molecule has 1 atom stereocenters. The molecule has 2 rings (SSSR count). The molecule has 0 radical (unpaired) electrons. The molecule has 16 heavy (non-hydrogen) atoms. The van der Waals surface area contributed by atoms with Crippen LogP contribution in [0.1, 0.15) is 12.5 Å². The average molecular weight is 256 g/mol. The summed E-state index contributed by atoms with van der Waals surface area (Å²) >= 11 is 12.0. The summed E-state index contributed by atoms with van der Waals surface area (Å²) in [5.41, 5.74) is 0.374. The molecule has 1 unspecified atom stereocenters. The van der Waals surface area contributed by atoms with Crippen LogP contribution in [0.2, 0.25) is 5.02 Å². The zero-order chi connectivity index (χ0) is 11.8. The summed E-state index contributed by atoms with van der Waals surface area (Å²) in [7, 11) is 0. The lowest BCUT2D eigenvalue weighted by molar-refractivity contribution is 0.0914. The van der Waals surface area contributed by atoms with Crippen molar-refractivity contribution in [2.24, 2.45) is 0 Å². The van der Waals surface area contributed by atoms with Gasteiger partial charge >= 0.3 is 0 Å². The van der Waals surface area contributed by atoms with Gasteiger partial charge in [-0.3, -0.25) is 0 Å². The number of halogens is 2. The van der Waals surface area contributed by atoms with E-state index in [9.17, 15) is 5.11 Å². The van der Waals surface area contributed by atoms with Gasteiger partial charge in [-0.05, 0) is 25.1 Å². The SMILES string of the molecule is CC1(O)C=C(Cl)C=C(c2ccccc2Cl)N1. The number of allylic oxidation sites excluding steroid dienone is 2. The molecule has 1 aliphatic heterocycles. The van der Waals surface area contributed by atoms with Crippen LogP contribution in [0.3, 0.4) is 0 Å². The number of dihydropyridines is 1. The van der Waals surface area contributed by atoms with Gasteiger partial charge in [0.15, 0.2) is 5.72 Å². The number of aliphatic hydroxyl groups is 1. The Morgan fingerprint density at radius 3 is 2.56 bits per heavy atom. The Bertz CT molecular complexity index is 478. The first-order valence-corrected chi connectivity index (χ1v) is 5.59. The van der Waals surface area contributed by atoms with Gasteiger partial charge in [0.25, 0.3) is 0 Å². The third kappa shape index (κ3) is 2.40. The van der Waals surface area contributed by atoms with E-state index in [4.69, 9.17) is 23.2 Å². The van der Waals surface area contributed by atoms with E-state index in [1.807, 2.05) is 18.2 Å². The summed E-state index contributed by atoms with van der Waals surface area (Å²) in [6, 6.07) is 7.39. The molecular formula is C12H11Cl2NO. The van der Waals surface area contributed by atoms with Gasteiger partial charge in [0.1, 0.15) is 0 Å². The molecule has 0 bridgehead atoms. The number of benzene rings is 1. The van der Waals surface area contributed by atoms with Crippen LogP contribution in [0.25, 0.3) is 5.70 Å². The van der Waals surface area contributed by atoms with E-state index in [1.54, 1.807) is 19.1 Å². The van der Waals surface area contributed by atoms with Crippen LogP contribution in [0.15, 0.2) is 41.4 Å². The quantitative estimate of drug-likeness (QED) is 0.809. The van der Waals surface area contributed by atoms with Gasteiger partial charge in [-0.2, -0.15) is 0 Å². The van der Waals surface area contributed by atoms with Gasteiger partial charge in [-0.15, -0.1) is 0 Å². The van der Waals surface area contributed by atoms with E-state index in [1.165, 1.54) is 6.08 Å². The zero-order valence-electron chi connectivity index (χ0n) is 8.67. The standard InChI is InChI=1S/C12H11Cl2NO/c1-12(16)7-8(13)6-11(15-12)9-4-2-3-5-10(9)14/h2-7,15-16H,1H3. The Hall–Kier alpha value is -0.960. The summed E-state index contributed by atoms with van der Waals surface area (Å²) < 4.78 is 0. The van der Waals surface area contributed by atoms with Crippen molar-refractivity contribution in [3.8, 4) is 0 Å². The topological polar surface area (TPSA) is 32.3 Å². The largest absolute Gasteiger partial charge is 0.368 e. The van der Waals surface area contributed by atoms with Crippen molar-refractivity contribution in [2.75, 3.05) is 0 Å². The molecule has 0 saturated heterocycles. The molecule has 1 heterocycles. The smallest absolute Gasteiger partial charge is 0.153 e. The molecule has 0 amide bonds. The van der Waals surface area contributed by atoms with Gasteiger partial charge in [0, 0.05) is 21.3 Å². The highest BCUT2D eigenvalue weighted by atomic mass is 35.5. The highest BCUT2D eigenvalue weighted by Gasteiger charge is 2.23.